The summed E-state index contributed by atoms with van der Waals surface area (Å²) in [4.78, 5) is 0. The Bertz CT molecular complexity index is 419. The second kappa shape index (κ2) is 6.52. The minimum atomic E-state index is 0.239. The summed E-state index contributed by atoms with van der Waals surface area (Å²) in [6, 6.07) is 11.7. The van der Waals surface area contributed by atoms with Crippen LogP contribution in [0.4, 0.5) is 0 Å². The van der Waals surface area contributed by atoms with Crippen LogP contribution in [-0.4, -0.2) is 11.6 Å². The summed E-state index contributed by atoms with van der Waals surface area (Å²) in [7, 11) is 0. The molecule has 0 aromatic heterocycles. The monoisotopic (exact) mass is 287 g/mol. The van der Waals surface area contributed by atoms with Crippen molar-refractivity contribution in [2.45, 2.75) is 84.2 Å². The highest BCUT2D eigenvalue weighted by atomic mass is 15.0. The molecule has 118 valence electrons. The van der Waals surface area contributed by atoms with E-state index in [0.29, 0.717) is 11.5 Å². The Balaban J connectivity index is 1.84. The molecule has 0 bridgehead atoms. The van der Waals surface area contributed by atoms with Gasteiger partial charge in [-0.05, 0) is 62.8 Å². The van der Waals surface area contributed by atoms with Crippen molar-refractivity contribution in [1.29, 1.82) is 0 Å². The molecule has 2 rings (SSSR count). The Labute approximate surface area is 131 Å². The number of nitrogens with one attached hydrogen (secondary N) is 1. The molecule has 1 aromatic rings. The Morgan fingerprint density at radius 2 is 1.48 bits per heavy atom. The third-order valence-corrected chi connectivity index (χ3v) is 4.57. The summed E-state index contributed by atoms with van der Waals surface area (Å²) in [5, 5.41) is 3.92. The van der Waals surface area contributed by atoms with Gasteiger partial charge in [-0.1, -0.05) is 51.1 Å². The molecule has 21 heavy (non-hydrogen) atoms. The molecule has 1 aliphatic rings. The first-order valence-electron chi connectivity index (χ1n) is 8.58. The van der Waals surface area contributed by atoms with Crippen molar-refractivity contribution in [3.8, 4) is 0 Å². The molecule has 0 unspecified atom stereocenters. The molecule has 0 atom stereocenters. The minimum absolute atomic E-state index is 0.239. The van der Waals surface area contributed by atoms with Crippen molar-refractivity contribution in [3.05, 3.63) is 35.9 Å². The van der Waals surface area contributed by atoms with Gasteiger partial charge in [0.1, 0.15) is 0 Å². The Kier molecular flexibility index (Phi) is 5.14. The number of benzene rings is 1. The molecule has 1 aromatic carbocycles. The summed E-state index contributed by atoms with van der Waals surface area (Å²) >= 11 is 0. The molecular weight excluding hydrogens is 254 g/mol. The third kappa shape index (κ3) is 5.47. The molecule has 0 heterocycles. The zero-order valence-electron chi connectivity index (χ0n) is 14.6. The van der Waals surface area contributed by atoms with Gasteiger partial charge in [-0.3, -0.25) is 0 Å². The third-order valence-electron chi connectivity index (χ3n) is 4.57. The van der Waals surface area contributed by atoms with Gasteiger partial charge >= 0.3 is 0 Å². The fourth-order valence-corrected chi connectivity index (χ4v) is 4.23. The molecule has 1 aliphatic carbocycles. The number of hydrogen-bond acceptors (Lipinski definition) is 1. The van der Waals surface area contributed by atoms with E-state index in [2.05, 4.69) is 70.3 Å². The van der Waals surface area contributed by atoms with E-state index in [4.69, 9.17) is 0 Å². The standard InChI is InChI=1S/C20H33N/c1-19(2,3)15-20(4,5)21-18-13-11-17(12-14-18)16-9-7-6-8-10-16/h6-10,17-18,21H,11-15H2,1-5H3. The molecule has 1 saturated carbocycles. The largest absolute Gasteiger partial charge is 0.309 e. The lowest BCUT2D eigenvalue weighted by molar-refractivity contribution is 0.200. The molecule has 0 spiro atoms. The van der Waals surface area contributed by atoms with E-state index in [0.717, 1.165) is 5.92 Å². The van der Waals surface area contributed by atoms with Gasteiger partial charge in [-0.2, -0.15) is 0 Å². The Hall–Kier alpha value is -0.820. The van der Waals surface area contributed by atoms with Crippen molar-refractivity contribution in [1.82, 2.24) is 5.32 Å². The van der Waals surface area contributed by atoms with E-state index in [1.807, 2.05) is 0 Å². The molecule has 0 amide bonds. The van der Waals surface area contributed by atoms with Crippen LogP contribution in [0.15, 0.2) is 30.3 Å². The second-order valence-electron chi connectivity index (χ2n) is 8.72. The molecule has 0 aliphatic heterocycles. The van der Waals surface area contributed by atoms with E-state index >= 15 is 0 Å². The average Bonchev–Trinajstić information content (AvgIpc) is 2.37. The van der Waals surface area contributed by atoms with E-state index in [-0.39, 0.29) is 5.54 Å². The van der Waals surface area contributed by atoms with Crippen LogP contribution in [0.1, 0.15) is 78.2 Å². The lowest BCUT2D eigenvalue weighted by atomic mass is 9.78. The van der Waals surface area contributed by atoms with E-state index in [9.17, 15) is 0 Å². The smallest absolute Gasteiger partial charge is 0.0132 e. The number of hydrogen-bond donors (Lipinski definition) is 1. The topological polar surface area (TPSA) is 12.0 Å². The van der Waals surface area contributed by atoms with Crippen LogP contribution in [0.25, 0.3) is 0 Å². The van der Waals surface area contributed by atoms with Crippen molar-refractivity contribution in [3.63, 3.8) is 0 Å². The van der Waals surface area contributed by atoms with Crippen LogP contribution >= 0.6 is 0 Å². The van der Waals surface area contributed by atoms with Crippen molar-refractivity contribution in [2.75, 3.05) is 0 Å². The van der Waals surface area contributed by atoms with Gasteiger partial charge in [-0.25, -0.2) is 0 Å². The van der Waals surface area contributed by atoms with Gasteiger partial charge in [0, 0.05) is 11.6 Å². The first kappa shape index (κ1) is 16.5. The zero-order chi connectivity index (χ0) is 15.5. The van der Waals surface area contributed by atoms with E-state index in [1.165, 1.54) is 37.7 Å². The van der Waals surface area contributed by atoms with Crippen LogP contribution in [-0.2, 0) is 0 Å². The molecule has 1 N–H and O–H groups in total. The lowest BCUT2D eigenvalue weighted by Gasteiger charge is -2.39. The average molecular weight is 287 g/mol. The van der Waals surface area contributed by atoms with Gasteiger partial charge in [0.2, 0.25) is 0 Å². The zero-order valence-corrected chi connectivity index (χ0v) is 14.6. The molecule has 0 radical (unpaired) electrons. The van der Waals surface area contributed by atoms with Crippen molar-refractivity contribution in [2.24, 2.45) is 5.41 Å². The van der Waals surface area contributed by atoms with Crippen molar-refractivity contribution < 1.29 is 0 Å². The highest BCUT2D eigenvalue weighted by Crippen LogP contribution is 2.34. The van der Waals surface area contributed by atoms with Gasteiger partial charge < -0.3 is 5.32 Å². The summed E-state index contributed by atoms with van der Waals surface area (Å²) in [5.74, 6) is 0.773. The van der Waals surface area contributed by atoms with Gasteiger partial charge in [0.05, 0.1) is 0 Å². The van der Waals surface area contributed by atoms with Crippen LogP contribution in [0, 0.1) is 5.41 Å². The quantitative estimate of drug-likeness (QED) is 0.769. The predicted octanol–water partition coefficient (Wildman–Crippen LogP) is 5.52. The molecule has 1 nitrogen and oxygen atoms in total. The first-order valence-corrected chi connectivity index (χ1v) is 8.58. The van der Waals surface area contributed by atoms with Crippen LogP contribution in [0.5, 0.6) is 0 Å². The first-order chi connectivity index (χ1) is 9.75. The lowest BCUT2D eigenvalue weighted by Crippen LogP contribution is -2.49. The van der Waals surface area contributed by atoms with Crippen molar-refractivity contribution >= 4 is 0 Å². The maximum absolute atomic E-state index is 3.92. The SMILES string of the molecule is CC(C)(C)CC(C)(C)NC1CCC(c2ccccc2)CC1. The molecule has 1 fully saturated rings. The summed E-state index contributed by atoms with van der Waals surface area (Å²) < 4.78 is 0. The van der Waals surface area contributed by atoms with Crippen LogP contribution < -0.4 is 5.32 Å². The van der Waals surface area contributed by atoms with E-state index in [1.54, 1.807) is 0 Å². The van der Waals surface area contributed by atoms with Gasteiger partial charge in [0.15, 0.2) is 0 Å². The summed E-state index contributed by atoms with van der Waals surface area (Å²) in [5.41, 5.74) is 2.16. The summed E-state index contributed by atoms with van der Waals surface area (Å²) in [6.07, 6.45) is 6.50. The molecule has 0 saturated heterocycles. The Morgan fingerprint density at radius 3 is 2.00 bits per heavy atom. The number of rotatable bonds is 4. The second-order valence-corrected chi connectivity index (χ2v) is 8.72. The molecule has 1 heteroatoms. The van der Waals surface area contributed by atoms with Gasteiger partial charge in [-0.15, -0.1) is 0 Å². The maximum Gasteiger partial charge on any atom is 0.0132 e. The van der Waals surface area contributed by atoms with Crippen LogP contribution in [0.3, 0.4) is 0 Å². The normalized spacial score (nSPS) is 24.0. The Morgan fingerprint density at radius 1 is 0.905 bits per heavy atom. The fourth-order valence-electron chi connectivity index (χ4n) is 4.23. The predicted molar refractivity (Wildman–Crippen MR) is 92.7 cm³/mol. The highest BCUT2D eigenvalue weighted by Gasteiger charge is 2.30. The highest BCUT2D eigenvalue weighted by molar-refractivity contribution is 5.20. The van der Waals surface area contributed by atoms with Crippen LogP contribution in [0.2, 0.25) is 0 Å². The van der Waals surface area contributed by atoms with E-state index < -0.39 is 0 Å². The minimum Gasteiger partial charge on any atom is -0.309 e. The molecular formula is C20H33N. The summed E-state index contributed by atoms with van der Waals surface area (Å²) in [6.45, 7) is 11.7. The maximum atomic E-state index is 3.92. The van der Waals surface area contributed by atoms with Gasteiger partial charge in [0.25, 0.3) is 0 Å². The fraction of sp³-hybridized carbons (Fsp3) is 0.700.